The van der Waals surface area contributed by atoms with Crippen molar-refractivity contribution in [2.45, 2.75) is 49.5 Å². The molecule has 1 aromatic rings. The number of hydrogen-bond donors (Lipinski definition) is 2. The molecule has 2 N–H and O–H groups in total. The zero-order valence-corrected chi connectivity index (χ0v) is 14.0. The highest BCUT2D eigenvalue weighted by Crippen LogP contribution is 2.29. The molecule has 130 valence electrons. The molecule has 2 aliphatic heterocycles. The van der Waals surface area contributed by atoms with Gasteiger partial charge in [-0.2, -0.15) is 4.31 Å². The van der Waals surface area contributed by atoms with Crippen LogP contribution in [0.4, 0.5) is 5.69 Å². The number of carbonyl (C=O) groups excluding carboxylic acids is 1. The Labute approximate surface area is 140 Å². The molecule has 1 amide bonds. The molecule has 1 atom stereocenters. The van der Waals surface area contributed by atoms with E-state index in [1.165, 1.54) is 6.07 Å². The van der Waals surface area contributed by atoms with Crippen molar-refractivity contribution >= 4 is 27.6 Å². The molecule has 3 rings (SSSR count). The second-order valence-corrected chi connectivity index (χ2v) is 8.08. The highest BCUT2D eigenvalue weighted by atomic mass is 32.2. The summed E-state index contributed by atoms with van der Waals surface area (Å²) >= 11 is 0. The molecule has 24 heavy (non-hydrogen) atoms. The van der Waals surface area contributed by atoms with Crippen LogP contribution in [0, 0.1) is 0 Å². The Balaban J connectivity index is 1.96. The number of carbonyl (C=O) groups is 2. The van der Waals surface area contributed by atoms with E-state index in [4.69, 9.17) is 0 Å². The van der Waals surface area contributed by atoms with E-state index in [1.54, 1.807) is 12.1 Å². The second kappa shape index (κ2) is 6.52. The van der Waals surface area contributed by atoms with Crippen LogP contribution < -0.4 is 5.32 Å². The first-order valence-corrected chi connectivity index (χ1v) is 9.51. The van der Waals surface area contributed by atoms with Gasteiger partial charge in [-0.1, -0.05) is 0 Å². The van der Waals surface area contributed by atoms with Gasteiger partial charge in [0.05, 0.1) is 4.90 Å². The summed E-state index contributed by atoms with van der Waals surface area (Å²) in [5, 5.41) is 12.1. The van der Waals surface area contributed by atoms with Crippen molar-refractivity contribution in [3.05, 3.63) is 23.8 Å². The first kappa shape index (κ1) is 16.9. The lowest BCUT2D eigenvalue weighted by atomic mass is 10.1. The highest BCUT2D eigenvalue weighted by Gasteiger charge is 2.37. The fourth-order valence-electron chi connectivity index (χ4n) is 3.29. The smallest absolute Gasteiger partial charge is 0.322 e. The molecule has 7 nitrogen and oxygen atoms in total. The fourth-order valence-corrected chi connectivity index (χ4v) is 4.99. The van der Waals surface area contributed by atoms with Crippen LogP contribution in [0.3, 0.4) is 0 Å². The molecule has 0 aliphatic carbocycles. The number of benzene rings is 1. The molecule has 0 spiro atoms. The number of aryl methyl sites for hydroxylation is 1. The third-order valence-corrected chi connectivity index (χ3v) is 6.45. The number of rotatable bonds is 3. The van der Waals surface area contributed by atoms with E-state index >= 15 is 0 Å². The van der Waals surface area contributed by atoms with Crippen molar-refractivity contribution in [3.8, 4) is 0 Å². The summed E-state index contributed by atoms with van der Waals surface area (Å²) in [6, 6.07) is 3.57. The summed E-state index contributed by atoms with van der Waals surface area (Å²) in [6.07, 6.45) is 3.37. The summed E-state index contributed by atoms with van der Waals surface area (Å²) in [7, 11) is -3.88. The maximum atomic E-state index is 12.9. The minimum absolute atomic E-state index is 0.0775. The first-order chi connectivity index (χ1) is 11.4. The number of amides is 1. The van der Waals surface area contributed by atoms with Gasteiger partial charge in [0.2, 0.25) is 15.9 Å². The van der Waals surface area contributed by atoms with Crippen LogP contribution in [0.2, 0.25) is 0 Å². The van der Waals surface area contributed by atoms with Gasteiger partial charge in [-0.3, -0.25) is 9.59 Å². The molecule has 0 aromatic heterocycles. The van der Waals surface area contributed by atoms with Crippen LogP contribution in [0.1, 0.15) is 37.7 Å². The number of carboxylic acids is 1. The minimum atomic E-state index is -3.88. The summed E-state index contributed by atoms with van der Waals surface area (Å²) < 4.78 is 26.9. The molecule has 0 saturated carbocycles. The second-order valence-electron chi connectivity index (χ2n) is 6.19. The highest BCUT2D eigenvalue weighted by molar-refractivity contribution is 7.89. The summed E-state index contributed by atoms with van der Waals surface area (Å²) in [5.41, 5.74) is 1.40. The molecule has 0 radical (unpaired) electrons. The van der Waals surface area contributed by atoms with E-state index in [2.05, 4.69) is 5.32 Å². The lowest BCUT2D eigenvalue weighted by molar-refractivity contribution is -0.142. The maximum Gasteiger partial charge on any atom is 0.322 e. The predicted octanol–water partition coefficient (Wildman–Crippen LogP) is 1.59. The van der Waals surface area contributed by atoms with Gasteiger partial charge < -0.3 is 10.4 Å². The van der Waals surface area contributed by atoms with Crippen molar-refractivity contribution < 1.29 is 23.1 Å². The normalized spacial score (nSPS) is 22.3. The molecule has 8 heteroatoms. The Morgan fingerprint density at radius 2 is 2.00 bits per heavy atom. The largest absolute Gasteiger partial charge is 0.480 e. The number of hydrogen-bond acceptors (Lipinski definition) is 4. The minimum Gasteiger partial charge on any atom is -0.480 e. The van der Waals surface area contributed by atoms with Gasteiger partial charge in [0.15, 0.2) is 0 Å². The number of nitrogens with one attached hydrogen (secondary N) is 1. The molecule has 2 aliphatic rings. The van der Waals surface area contributed by atoms with E-state index in [9.17, 15) is 23.1 Å². The number of fused-ring (bicyclic) bond motifs is 1. The third-order valence-electron chi connectivity index (χ3n) is 4.55. The van der Waals surface area contributed by atoms with Crippen LogP contribution in [-0.4, -0.2) is 42.3 Å². The molecule has 1 unspecified atom stereocenters. The zero-order valence-electron chi connectivity index (χ0n) is 13.2. The third kappa shape index (κ3) is 3.16. The van der Waals surface area contributed by atoms with E-state index in [1.807, 2.05) is 0 Å². The molecule has 0 bridgehead atoms. The van der Waals surface area contributed by atoms with Crippen LogP contribution in [-0.2, 0) is 26.0 Å². The van der Waals surface area contributed by atoms with Crippen LogP contribution in [0.5, 0.6) is 0 Å². The van der Waals surface area contributed by atoms with Gasteiger partial charge >= 0.3 is 5.97 Å². The number of anilines is 1. The lowest BCUT2D eigenvalue weighted by Crippen LogP contribution is -2.47. The van der Waals surface area contributed by atoms with Crippen molar-refractivity contribution in [2.24, 2.45) is 0 Å². The summed E-state index contributed by atoms with van der Waals surface area (Å²) in [4.78, 5) is 23.1. The Morgan fingerprint density at radius 1 is 1.21 bits per heavy atom. The van der Waals surface area contributed by atoms with Gasteiger partial charge in [-0.05, 0) is 55.9 Å². The Hall–Kier alpha value is -1.93. The lowest BCUT2D eigenvalue weighted by Gasteiger charge is -2.32. The van der Waals surface area contributed by atoms with Gasteiger partial charge in [-0.25, -0.2) is 8.42 Å². The average molecular weight is 352 g/mol. The average Bonchev–Trinajstić information content (AvgIpc) is 2.74. The Bertz CT molecular complexity index is 775. The quantitative estimate of drug-likeness (QED) is 0.860. The van der Waals surface area contributed by atoms with E-state index in [-0.39, 0.29) is 17.3 Å². The fraction of sp³-hybridized carbons (Fsp3) is 0.500. The maximum absolute atomic E-state index is 12.9. The molecule has 1 saturated heterocycles. The van der Waals surface area contributed by atoms with Crippen LogP contribution in [0.15, 0.2) is 23.1 Å². The van der Waals surface area contributed by atoms with E-state index < -0.39 is 22.0 Å². The van der Waals surface area contributed by atoms with Gasteiger partial charge in [0.25, 0.3) is 0 Å². The molecular formula is C16H20N2O5S. The van der Waals surface area contributed by atoms with Crippen LogP contribution >= 0.6 is 0 Å². The van der Waals surface area contributed by atoms with Crippen molar-refractivity contribution in [3.63, 3.8) is 0 Å². The summed E-state index contributed by atoms with van der Waals surface area (Å²) in [5.74, 6) is -1.19. The number of sulfonamides is 1. The van der Waals surface area contributed by atoms with Crippen molar-refractivity contribution in [1.29, 1.82) is 0 Å². The standard InChI is InChI=1S/C16H20N2O5S/c19-15-6-3-4-11-10-12(7-8-13(11)17-15)24(22,23)18-9-2-1-5-14(18)16(20)21/h7-8,10,14H,1-6,9H2,(H,17,19)(H,20,21). The molecule has 1 fully saturated rings. The number of nitrogens with zero attached hydrogens (tertiary/aromatic N) is 1. The van der Waals surface area contributed by atoms with Crippen LogP contribution in [0.25, 0.3) is 0 Å². The number of aliphatic carboxylic acids is 1. The van der Waals surface area contributed by atoms with E-state index in [0.717, 1.165) is 9.87 Å². The Morgan fingerprint density at radius 3 is 2.75 bits per heavy atom. The molecular weight excluding hydrogens is 332 g/mol. The molecule has 2 heterocycles. The van der Waals surface area contributed by atoms with Gasteiger partial charge in [0, 0.05) is 18.7 Å². The predicted molar refractivity (Wildman–Crippen MR) is 87.2 cm³/mol. The Kier molecular flexibility index (Phi) is 4.60. The van der Waals surface area contributed by atoms with Crippen molar-refractivity contribution in [2.75, 3.05) is 11.9 Å². The van der Waals surface area contributed by atoms with Gasteiger partial charge in [-0.15, -0.1) is 0 Å². The van der Waals surface area contributed by atoms with Gasteiger partial charge in [0.1, 0.15) is 6.04 Å². The topological polar surface area (TPSA) is 104 Å². The van der Waals surface area contributed by atoms with E-state index in [0.29, 0.717) is 44.2 Å². The number of piperidine rings is 1. The number of carboxylic acid groups (broad SMARTS) is 1. The SMILES string of the molecule is O=C1CCCc2cc(S(=O)(=O)N3CCCCC3C(=O)O)ccc2N1. The monoisotopic (exact) mass is 352 g/mol. The zero-order chi connectivity index (χ0) is 17.3. The molecule has 1 aromatic carbocycles. The first-order valence-electron chi connectivity index (χ1n) is 8.07. The van der Waals surface area contributed by atoms with Crippen molar-refractivity contribution in [1.82, 2.24) is 4.31 Å². The summed E-state index contributed by atoms with van der Waals surface area (Å²) in [6.45, 7) is 0.215.